The maximum Gasteiger partial charge on any atom is 0.405 e. The summed E-state index contributed by atoms with van der Waals surface area (Å²) < 4.78 is 44.0. The lowest BCUT2D eigenvalue weighted by molar-refractivity contribution is -0.136. The molecule has 0 fully saturated rings. The van der Waals surface area contributed by atoms with Gasteiger partial charge in [0.25, 0.3) is 0 Å². The minimum Gasteiger partial charge on any atom is -0.495 e. The number of methoxy groups -OCH3 is 1. The van der Waals surface area contributed by atoms with E-state index in [1.165, 1.54) is 7.11 Å². The monoisotopic (exact) mass is 490 g/mol. The van der Waals surface area contributed by atoms with Crippen LogP contribution in [0.5, 0.6) is 5.75 Å². The zero-order chi connectivity index (χ0) is 22.6. The maximum absolute atomic E-state index is 12.3. The predicted molar refractivity (Wildman–Crippen MR) is 113 cm³/mol. The second-order valence-electron chi connectivity index (χ2n) is 6.15. The number of rotatable bonds is 7. The van der Waals surface area contributed by atoms with Gasteiger partial charge in [-0.2, -0.15) is 13.2 Å². The van der Waals surface area contributed by atoms with Crippen LogP contribution in [0, 0.1) is 0 Å². The van der Waals surface area contributed by atoms with Crippen LogP contribution in [0.3, 0.4) is 0 Å². The highest BCUT2D eigenvalue weighted by Gasteiger charge is 2.28. The Morgan fingerprint density at radius 3 is 2.58 bits per heavy atom. The summed E-state index contributed by atoms with van der Waals surface area (Å²) in [5.41, 5.74) is 1.13. The average Bonchev–Trinajstić information content (AvgIpc) is 3.14. The molecule has 0 saturated heterocycles. The minimum atomic E-state index is -4.49. The number of amides is 1. The number of hydrogen-bond acceptors (Lipinski definition) is 5. The van der Waals surface area contributed by atoms with Gasteiger partial charge < -0.3 is 10.1 Å². The summed E-state index contributed by atoms with van der Waals surface area (Å²) in [4.78, 5) is 11.9. The van der Waals surface area contributed by atoms with Crippen molar-refractivity contribution in [2.75, 3.05) is 19.4 Å². The molecule has 0 atom stereocenters. The van der Waals surface area contributed by atoms with E-state index in [2.05, 4.69) is 10.2 Å². The van der Waals surface area contributed by atoms with Crippen LogP contribution < -0.4 is 10.1 Å². The predicted octanol–water partition coefficient (Wildman–Crippen LogP) is 5.02. The zero-order valence-corrected chi connectivity index (χ0v) is 18.2. The van der Waals surface area contributed by atoms with Crippen LogP contribution in [0.15, 0.2) is 47.6 Å². The number of alkyl halides is 3. The number of benzene rings is 2. The first-order valence-corrected chi connectivity index (χ1v) is 10.4. The number of thioether (sulfide) groups is 1. The molecule has 1 N–H and O–H groups in total. The van der Waals surface area contributed by atoms with E-state index in [1.807, 2.05) is 5.32 Å². The number of hydrogen-bond donors (Lipinski definition) is 1. The van der Waals surface area contributed by atoms with Gasteiger partial charge in [0.15, 0.2) is 11.0 Å². The van der Waals surface area contributed by atoms with Gasteiger partial charge >= 0.3 is 6.18 Å². The molecule has 0 radical (unpaired) electrons. The molecule has 0 saturated carbocycles. The van der Waals surface area contributed by atoms with Crippen molar-refractivity contribution in [3.63, 3.8) is 0 Å². The lowest BCUT2D eigenvalue weighted by Crippen LogP contribution is -2.34. The number of ether oxygens (including phenoxy) is 1. The molecular formula is C19H15Cl2F3N4O2S. The van der Waals surface area contributed by atoms with E-state index in [4.69, 9.17) is 27.9 Å². The molecule has 1 heterocycles. The SMILES string of the molecule is COc1ccc(Cl)cc1-n1c(SCC(=O)NCC(F)(F)F)nnc1-c1cccc(Cl)c1. The lowest BCUT2D eigenvalue weighted by atomic mass is 10.2. The minimum absolute atomic E-state index is 0.262. The zero-order valence-electron chi connectivity index (χ0n) is 15.9. The number of halogens is 5. The molecule has 0 spiro atoms. The van der Waals surface area contributed by atoms with E-state index in [1.54, 1.807) is 47.0 Å². The van der Waals surface area contributed by atoms with Crippen molar-refractivity contribution in [3.8, 4) is 22.8 Å². The van der Waals surface area contributed by atoms with Crippen LogP contribution in [0.25, 0.3) is 17.1 Å². The van der Waals surface area contributed by atoms with Crippen molar-refractivity contribution in [1.29, 1.82) is 0 Å². The topological polar surface area (TPSA) is 69.0 Å². The Morgan fingerprint density at radius 1 is 1.16 bits per heavy atom. The van der Waals surface area contributed by atoms with Crippen molar-refractivity contribution >= 4 is 40.9 Å². The Labute approximate surface area is 189 Å². The molecule has 1 amide bonds. The molecule has 1 aromatic heterocycles. The number of aromatic nitrogens is 3. The third-order valence-corrected chi connectivity index (χ3v) is 5.32. The van der Waals surface area contributed by atoms with Crippen LogP contribution in [-0.2, 0) is 4.79 Å². The van der Waals surface area contributed by atoms with Crippen molar-refractivity contribution in [3.05, 3.63) is 52.5 Å². The Morgan fingerprint density at radius 2 is 1.90 bits per heavy atom. The van der Waals surface area contributed by atoms with E-state index in [0.717, 1.165) is 11.8 Å². The van der Waals surface area contributed by atoms with Gasteiger partial charge in [0.05, 0.1) is 18.6 Å². The molecule has 0 aliphatic carbocycles. The van der Waals surface area contributed by atoms with Crippen molar-refractivity contribution in [2.45, 2.75) is 11.3 Å². The number of carbonyl (C=O) groups is 1. The van der Waals surface area contributed by atoms with Crippen molar-refractivity contribution in [1.82, 2.24) is 20.1 Å². The van der Waals surface area contributed by atoms with E-state index < -0.39 is 18.6 Å². The summed E-state index contributed by atoms with van der Waals surface area (Å²) in [6.07, 6.45) is -4.49. The van der Waals surface area contributed by atoms with Gasteiger partial charge in [-0.15, -0.1) is 10.2 Å². The van der Waals surface area contributed by atoms with E-state index >= 15 is 0 Å². The summed E-state index contributed by atoms with van der Waals surface area (Å²) in [5.74, 6) is -0.247. The van der Waals surface area contributed by atoms with Gasteiger partial charge in [-0.1, -0.05) is 47.1 Å². The first kappa shape index (κ1) is 23.2. The second-order valence-corrected chi connectivity index (χ2v) is 7.96. The molecule has 164 valence electrons. The van der Waals surface area contributed by atoms with Crippen LogP contribution in [0.4, 0.5) is 13.2 Å². The van der Waals surface area contributed by atoms with E-state index in [9.17, 15) is 18.0 Å². The number of nitrogens with zero attached hydrogens (tertiary/aromatic N) is 3. The Bertz CT molecular complexity index is 1090. The third-order valence-electron chi connectivity index (χ3n) is 3.92. The first-order valence-electron chi connectivity index (χ1n) is 8.69. The molecule has 6 nitrogen and oxygen atoms in total. The maximum atomic E-state index is 12.3. The first-order chi connectivity index (χ1) is 14.7. The van der Waals surface area contributed by atoms with Gasteiger partial charge in [-0.05, 0) is 30.3 Å². The lowest BCUT2D eigenvalue weighted by Gasteiger charge is -2.14. The van der Waals surface area contributed by atoms with Gasteiger partial charge in [-0.25, -0.2) is 0 Å². The van der Waals surface area contributed by atoms with Crippen molar-refractivity contribution < 1.29 is 22.7 Å². The molecule has 12 heteroatoms. The van der Waals surface area contributed by atoms with Crippen LogP contribution >= 0.6 is 35.0 Å². The molecule has 0 bridgehead atoms. The fourth-order valence-electron chi connectivity index (χ4n) is 2.61. The molecular weight excluding hydrogens is 476 g/mol. The third kappa shape index (κ3) is 6.05. The average molecular weight is 491 g/mol. The normalized spacial score (nSPS) is 11.4. The highest BCUT2D eigenvalue weighted by Crippen LogP contribution is 2.34. The summed E-state index contributed by atoms with van der Waals surface area (Å²) in [6, 6.07) is 11.8. The van der Waals surface area contributed by atoms with Crippen LogP contribution in [0.1, 0.15) is 0 Å². The smallest absolute Gasteiger partial charge is 0.405 e. The van der Waals surface area contributed by atoms with Gasteiger partial charge in [0, 0.05) is 15.6 Å². The number of carbonyl (C=O) groups excluding carboxylic acids is 1. The molecule has 31 heavy (non-hydrogen) atoms. The highest BCUT2D eigenvalue weighted by atomic mass is 35.5. The standard InChI is InChI=1S/C19H15Cl2F3N4O2S/c1-30-15-6-5-13(21)8-14(15)28-17(11-3-2-4-12(20)7-11)26-27-18(28)31-9-16(29)25-10-19(22,23)24/h2-8H,9-10H2,1H3,(H,25,29). The van der Waals surface area contributed by atoms with Crippen LogP contribution in [-0.4, -0.2) is 46.3 Å². The van der Waals surface area contributed by atoms with Gasteiger partial charge in [0.2, 0.25) is 5.91 Å². The Hall–Kier alpha value is -2.43. The fraction of sp³-hybridized carbons (Fsp3) is 0.211. The fourth-order valence-corrected chi connectivity index (χ4v) is 3.74. The Balaban J connectivity index is 1.99. The molecule has 3 rings (SSSR count). The molecule has 3 aromatic rings. The van der Waals surface area contributed by atoms with Crippen LogP contribution in [0.2, 0.25) is 10.0 Å². The molecule has 0 unspecified atom stereocenters. The van der Waals surface area contributed by atoms with E-state index in [0.29, 0.717) is 32.9 Å². The van der Waals surface area contributed by atoms with Gasteiger partial charge in [-0.3, -0.25) is 9.36 Å². The largest absolute Gasteiger partial charge is 0.495 e. The van der Waals surface area contributed by atoms with E-state index in [-0.39, 0.29) is 10.9 Å². The summed E-state index contributed by atoms with van der Waals surface area (Å²) in [7, 11) is 1.48. The second kappa shape index (κ2) is 9.80. The number of nitrogens with one attached hydrogen (secondary N) is 1. The molecule has 2 aromatic carbocycles. The molecule has 0 aliphatic rings. The quantitative estimate of drug-likeness (QED) is 0.471. The molecule has 0 aliphatic heterocycles. The summed E-state index contributed by atoms with van der Waals surface area (Å²) in [5, 5.41) is 11.3. The van der Waals surface area contributed by atoms with Crippen molar-refractivity contribution in [2.24, 2.45) is 0 Å². The highest BCUT2D eigenvalue weighted by molar-refractivity contribution is 7.99. The van der Waals surface area contributed by atoms with Gasteiger partial charge in [0.1, 0.15) is 12.3 Å². The Kier molecular flexibility index (Phi) is 7.34. The summed E-state index contributed by atoms with van der Waals surface area (Å²) in [6.45, 7) is -1.41. The summed E-state index contributed by atoms with van der Waals surface area (Å²) >= 11 is 13.2.